The van der Waals surface area contributed by atoms with Gasteiger partial charge in [0, 0.05) is 12.7 Å². The summed E-state index contributed by atoms with van der Waals surface area (Å²) in [6.07, 6.45) is 1.51. The van der Waals surface area contributed by atoms with Gasteiger partial charge in [0.05, 0.1) is 30.7 Å². The van der Waals surface area contributed by atoms with Crippen LogP contribution in [0, 0.1) is 0 Å². The Morgan fingerprint density at radius 3 is 2.67 bits per heavy atom. The van der Waals surface area contributed by atoms with E-state index >= 15 is 0 Å². The van der Waals surface area contributed by atoms with Gasteiger partial charge in [0.2, 0.25) is 0 Å². The van der Waals surface area contributed by atoms with Crippen LogP contribution in [0.5, 0.6) is 0 Å². The number of anilines is 1. The lowest BCUT2D eigenvalue weighted by Gasteiger charge is -2.30. The lowest BCUT2D eigenvalue weighted by Crippen LogP contribution is -2.48. The number of rotatable bonds is 6. The second kappa shape index (κ2) is 8.32. The zero-order valence-electron chi connectivity index (χ0n) is 16.8. The highest BCUT2D eigenvalue weighted by Crippen LogP contribution is 2.29. The number of likely N-dealkylation sites (N-methyl/N-ethyl adjacent to an activating group) is 1. The molecule has 0 radical (unpaired) electrons. The molecule has 30 heavy (non-hydrogen) atoms. The van der Waals surface area contributed by atoms with Crippen LogP contribution in [0.4, 0.5) is 10.5 Å². The van der Waals surface area contributed by atoms with Gasteiger partial charge in [0.25, 0.3) is 0 Å². The van der Waals surface area contributed by atoms with Gasteiger partial charge in [-0.2, -0.15) is 0 Å². The lowest BCUT2D eigenvalue weighted by molar-refractivity contribution is -0.139. The fourth-order valence-corrected chi connectivity index (χ4v) is 3.60. The maximum absolute atomic E-state index is 12.8. The van der Waals surface area contributed by atoms with Crippen LogP contribution >= 0.6 is 0 Å². The molecule has 2 amide bonds. The Morgan fingerprint density at radius 2 is 1.93 bits per heavy atom. The van der Waals surface area contributed by atoms with E-state index in [-0.39, 0.29) is 6.61 Å². The van der Waals surface area contributed by atoms with Gasteiger partial charge in [-0.3, -0.25) is 0 Å². The van der Waals surface area contributed by atoms with Gasteiger partial charge in [-0.15, -0.1) is 0 Å². The first-order valence-corrected chi connectivity index (χ1v) is 9.78. The molecule has 0 unspecified atom stereocenters. The van der Waals surface area contributed by atoms with Crippen LogP contribution in [-0.4, -0.2) is 32.2 Å². The molecule has 3 aromatic rings. The highest BCUT2D eigenvalue weighted by Gasteiger charge is 2.35. The standard InChI is InChI=1S/C23H23N3O4/c1-3-29-22(27)20-18(24-23(28)25-21(20)19-9-6-12-30-19)14-26(2)17-11-10-15-7-4-5-8-16(15)13-17/h4-13,21H,3,14H2,1-2H3,(H2,24,25,28)/t21-/m1/s1. The van der Waals surface area contributed by atoms with Crippen molar-refractivity contribution < 1.29 is 18.7 Å². The number of nitrogens with zero attached hydrogens (tertiary/aromatic N) is 1. The molecule has 154 valence electrons. The number of esters is 1. The average molecular weight is 405 g/mol. The zero-order valence-corrected chi connectivity index (χ0v) is 16.8. The van der Waals surface area contributed by atoms with E-state index in [0.717, 1.165) is 16.5 Å². The monoisotopic (exact) mass is 405 g/mol. The van der Waals surface area contributed by atoms with Crippen molar-refractivity contribution in [1.29, 1.82) is 0 Å². The Balaban J connectivity index is 1.70. The Labute approximate surface area is 174 Å². The number of amides is 2. The molecule has 2 heterocycles. The van der Waals surface area contributed by atoms with Crippen molar-refractivity contribution in [3.8, 4) is 0 Å². The molecule has 0 bridgehead atoms. The summed E-state index contributed by atoms with van der Waals surface area (Å²) in [6, 6.07) is 16.6. The molecular formula is C23H23N3O4. The maximum Gasteiger partial charge on any atom is 0.338 e. The van der Waals surface area contributed by atoms with Gasteiger partial charge in [0.1, 0.15) is 11.8 Å². The Morgan fingerprint density at radius 1 is 1.13 bits per heavy atom. The fourth-order valence-electron chi connectivity index (χ4n) is 3.60. The summed E-state index contributed by atoms with van der Waals surface area (Å²) in [5, 5.41) is 7.80. The van der Waals surface area contributed by atoms with Crippen molar-refractivity contribution in [2.24, 2.45) is 0 Å². The molecule has 4 rings (SSSR count). The first kappa shape index (κ1) is 19.6. The molecule has 2 aromatic carbocycles. The smallest absolute Gasteiger partial charge is 0.338 e. The van der Waals surface area contributed by atoms with Crippen LogP contribution in [0.3, 0.4) is 0 Å². The normalized spacial score (nSPS) is 16.2. The quantitative estimate of drug-likeness (QED) is 0.611. The third-order valence-corrected chi connectivity index (χ3v) is 5.05. The number of furan rings is 1. The molecule has 0 fully saturated rings. The molecule has 7 nitrogen and oxygen atoms in total. The summed E-state index contributed by atoms with van der Waals surface area (Å²) in [7, 11) is 1.91. The number of carbonyl (C=O) groups is 2. The van der Waals surface area contributed by atoms with E-state index in [1.807, 2.05) is 30.1 Å². The molecule has 1 aromatic heterocycles. The number of benzene rings is 2. The third-order valence-electron chi connectivity index (χ3n) is 5.05. The predicted octanol–water partition coefficient (Wildman–Crippen LogP) is 3.74. The number of fused-ring (bicyclic) bond motifs is 1. The van der Waals surface area contributed by atoms with Crippen molar-refractivity contribution >= 4 is 28.5 Å². The number of hydrogen-bond donors (Lipinski definition) is 2. The molecule has 1 aliphatic rings. The molecule has 2 N–H and O–H groups in total. The van der Waals surface area contributed by atoms with Gasteiger partial charge < -0.3 is 24.7 Å². The van der Waals surface area contributed by atoms with Crippen molar-refractivity contribution in [2.45, 2.75) is 13.0 Å². The van der Waals surface area contributed by atoms with Crippen LogP contribution in [-0.2, 0) is 9.53 Å². The number of nitrogens with one attached hydrogen (secondary N) is 2. The van der Waals surface area contributed by atoms with Crippen LogP contribution in [0.25, 0.3) is 10.8 Å². The maximum atomic E-state index is 12.8. The summed E-state index contributed by atoms with van der Waals surface area (Å²) in [5.74, 6) is -0.0212. The minimum Gasteiger partial charge on any atom is -0.467 e. The average Bonchev–Trinajstić information content (AvgIpc) is 3.28. The summed E-state index contributed by atoms with van der Waals surface area (Å²) in [4.78, 5) is 27.1. The van der Waals surface area contributed by atoms with Crippen molar-refractivity contribution in [2.75, 3.05) is 25.1 Å². The SMILES string of the molecule is CCOC(=O)C1=C(CN(C)c2ccc3ccccc3c2)NC(=O)N[C@@H]1c1ccco1. The van der Waals surface area contributed by atoms with E-state index in [4.69, 9.17) is 9.15 Å². The summed E-state index contributed by atoms with van der Waals surface area (Å²) in [5.41, 5.74) is 1.78. The third kappa shape index (κ3) is 3.87. The highest BCUT2D eigenvalue weighted by molar-refractivity contribution is 5.95. The van der Waals surface area contributed by atoms with Gasteiger partial charge in [-0.1, -0.05) is 30.3 Å². The van der Waals surface area contributed by atoms with E-state index in [9.17, 15) is 9.59 Å². The molecule has 0 aliphatic carbocycles. The molecule has 0 saturated heterocycles. The van der Waals surface area contributed by atoms with Crippen LogP contribution in [0.2, 0.25) is 0 Å². The number of ether oxygens (including phenoxy) is 1. The van der Waals surface area contributed by atoms with Crippen molar-refractivity contribution in [3.05, 3.63) is 77.9 Å². The van der Waals surface area contributed by atoms with Gasteiger partial charge >= 0.3 is 12.0 Å². The van der Waals surface area contributed by atoms with Gasteiger partial charge in [-0.05, 0) is 42.0 Å². The molecule has 1 atom stereocenters. The van der Waals surface area contributed by atoms with Crippen LogP contribution in [0.1, 0.15) is 18.7 Å². The molecule has 1 aliphatic heterocycles. The molecule has 0 saturated carbocycles. The minimum absolute atomic E-state index is 0.231. The lowest BCUT2D eigenvalue weighted by atomic mass is 9.99. The minimum atomic E-state index is -0.715. The number of hydrogen-bond acceptors (Lipinski definition) is 5. The Hall–Kier alpha value is -3.74. The zero-order chi connectivity index (χ0) is 21.1. The molecule has 0 spiro atoms. The second-order valence-corrected chi connectivity index (χ2v) is 7.05. The fraction of sp³-hybridized carbons (Fsp3) is 0.217. The van der Waals surface area contributed by atoms with Gasteiger partial charge in [-0.25, -0.2) is 9.59 Å². The first-order valence-electron chi connectivity index (χ1n) is 9.78. The topological polar surface area (TPSA) is 83.8 Å². The van der Waals surface area contributed by atoms with Crippen molar-refractivity contribution in [1.82, 2.24) is 10.6 Å². The van der Waals surface area contributed by atoms with E-state index in [0.29, 0.717) is 23.6 Å². The van der Waals surface area contributed by atoms with Crippen LogP contribution < -0.4 is 15.5 Å². The number of urea groups is 1. The largest absolute Gasteiger partial charge is 0.467 e. The van der Waals surface area contributed by atoms with E-state index in [1.54, 1.807) is 19.1 Å². The van der Waals surface area contributed by atoms with Crippen LogP contribution in [0.15, 0.2) is 76.5 Å². The van der Waals surface area contributed by atoms with E-state index < -0.39 is 18.0 Å². The highest BCUT2D eigenvalue weighted by atomic mass is 16.5. The molecule has 7 heteroatoms. The number of carbonyl (C=O) groups excluding carboxylic acids is 2. The molecular weight excluding hydrogens is 382 g/mol. The summed E-state index contributed by atoms with van der Waals surface area (Å²) < 4.78 is 10.7. The first-order chi connectivity index (χ1) is 14.6. The van der Waals surface area contributed by atoms with Gasteiger partial charge in [0.15, 0.2) is 0 Å². The Kier molecular flexibility index (Phi) is 5.43. The predicted molar refractivity (Wildman–Crippen MR) is 114 cm³/mol. The summed E-state index contributed by atoms with van der Waals surface area (Å²) >= 11 is 0. The van der Waals surface area contributed by atoms with Crippen molar-refractivity contribution in [3.63, 3.8) is 0 Å². The second-order valence-electron chi connectivity index (χ2n) is 7.05. The Bertz CT molecular complexity index is 1100. The van der Waals surface area contributed by atoms with E-state index in [2.05, 4.69) is 34.9 Å². The van der Waals surface area contributed by atoms with E-state index in [1.165, 1.54) is 6.26 Å². The summed E-state index contributed by atoms with van der Waals surface area (Å²) in [6.45, 7) is 2.29.